The molecule has 9 nitrogen and oxygen atoms in total. The van der Waals surface area contributed by atoms with Gasteiger partial charge in [-0.25, -0.2) is 9.78 Å². The van der Waals surface area contributed by atoms with Crippen molar-refractivity contribution < 1.29 is 18.7 Å². The van der Waals surface area contributed by atoms with Crippen LogP contribution in [-0.2, 0) is 9.59 Å². The summed E-state index contributed by atoms with van der Waals surface area (Å²) in [5.41, 5.74) is 5.90. The number of amides is 2. The number of aromatic nitrogens is 1. The molecule has 1 unspecified atom stereocenters. The molecule has 0 spiro atoms. The molecule has 1 fully saturated rings. The summed E-state index contributed by atoms with van der Waals surface area (Å²) in [6, 6.07) is 11.6. The molecule has 0 radical (unpaired) electrons. The molecule has 0 aliphatic carbocycles. The summed E-state index contributed by atoms with van der Waals surface area (Å²) >= 11 is 0. The highest BCUT2D eigenvalue weighted by molar-refractivity contribution is 5.91. The lowest BCUT2D eigenvalue weighted by atomic mass is 9.97. The summed E-state index contributed by atoms with van der Waals surface area (Å²) in [5, 5.41) is 3.49. The molecule has 0 saturated carbocycles. The summed E-state index contributed by atoms with van der Waals surface area (Å²) in [7, 11) is 0. The molecule has 31 heavy (non-hydrogen) atoms. The Bertz CT molecular complexity index is 1160. The fourth-order valence-electron chi connectivity index (χ4n) is 3.54. The average Bonchev–Trinajstić information content (AvgIpc) is 2.78. The number of nitrogens with zero attached hydrogens (tertiary/aromatic N) is 2. The Morgan fingerprint density at radius 3 is 2.84 bits per heavy atom. The fraction of sp³-hybridized carbons (Fsp3) is 0.273. The summed E-state index contributed by atoms with van der Waals surface area (Å²) in [5.74, 6) is 0.339. The molecule has 3 N–H and O–H groups in total. The van der Waals surface area contributed by atoms with Gasteiger partial charge in [0.15, 0.2) is 6.61 Å². The minimum absolute atomic E-state index is 0.171. The number of hydrogen-bond donors (Lipinski definition) is 2. The van der Waals surface area contributed by atoms with Crippen LogP contribution in [0.15, 0.2) is 57.9 Å². The molecular weight excluding hydrogens is 400 g/mol. The van der Waals surface area contributed by atoms with Gasteiger partial charge >= 0.3 is 5.63 Å². The first-order valence-corrected chi connectivity index (χ1v) is 9.95. The van der Waals surface area contributed by atoms with E-state index in [0.29, 0.717) is 23.6 Å². The van der Waals surface area contributed by atoms with Crippen LogP contribution in [0, 0.1) is 5.92 Å². The molecule has 3 aromatic rings. The molecule has 2 aromatic heterocycles. The van der Waals surface area contributed by atoms with Crippen molar-refractivity contribution in [2.75, 3.05) is 29.9 Å². The van der Waals surface area contributed by atoms with Crippen molar-refractivity contribution in [3.8, 4) is 5.75 Å². The zero-order valence-corrected chi connectivity index (χ0v) is 16.7. The van der Waals surface area contributed by atoms with Crippen molar-refractivity contribution in [2.45, 2.75) is 12.8 Å². The van der Waals surface area contributed by atoms with Crippen LogP contribution in [0.2, 0.25) is 0 Å². The van der Waals surface area contributed by atoms with E-state index in [1.807, 2.05) is 4.90 Å². The van der Waals surface area contributed by atoms with Crippen LogP contribution in [0.1, 0.15) is 12.8 Å². The summed E-state index contributed by atoms with van der Waals surface area (Å²) in [4.78, 5) is 41.4. The van der Waals surface area contributed by atoms with Gasteiger partial charge in [-0.05, 0) is 43.2 Å². The summed E-state index contributed by atoms with van der Waals surface area (Å²) in [6.07, 6.45) is 3.23. The Morgan fingerprint density at radius 2 is 2.06 bits per heavy atom. The molecule has 1 aromatic carbocycles. The van der Waals surface area contributed by atoms with E-state index < -0.39 is 5.63 Å². The number of nitrogens with one attached hydrogen (secondary N) is 1. The molecule has 0 bridgehead atoms. The number of hydrogen-bond acceptors (Lipinski definition) is 7. The Hall–Kier alpha value is -3.88. The largest absolute Gasteiger partial charge is 0.484 e. The van der Waals surface area contributed by atoms with Gasteiger partial charge in [-0.15, -0.1) is 0 Å². The van der Waals surface area contributed by atoms with Crippen LogP contribution in [0.25, 0.3) is 11.0 Å². The number of rotatable bonds is 6. The van der Waals surface area contributed by atoms with Crippen molar-refractivity contribution in [3.63, 3.8) is 0 Å². The fourth-order valence-corrected chi connectivity index (χ4v) is 3.54. The van der Waals surface area contributed by atoms with Crippen LogP contribution in [0.3, 0.4) is 0 Å². The van der Waals surface area contributed by atoms with E-state index in [1.165, 1.54) is 6.07 Å². The van der Waals surface area contributed by atoms with Crippen molar-refractivity contribution in [3.05, 3.63) is 59.1 Å². The second-order valence-electron chi connectivity index (χ2n) is 7.38. The number of fused-ring (bicyclic) bond motifs is 1. The Labute approximate surface area is 177 Å². The second kappa shape index (κ2) is 8.86. The van der Waals surface area contributed by atoms with Crippen LogP contribution < -0.4 is 26.3 Å². The Morgan fingerprint density at radius 1 is 1.23 bits per heavy atom. The molecule has 2 amide bonds. The van der Waals surface area contributed by atoms with E-state index in [1.54, 1.807) is 42.6 Å². The Balaban J connectivity index is 1.32. The summed E-state index contributed by atoms with van der Waals surface area (Å²) in [6.45, 7) is 1.15. The average molecular weight is 422 g/mol. The SMILES string of the molecule is NC(=O)C1CCCN(c2ccc(NC(=O)COc3ccc4ccc(=O)oc4c3)cn2)C1. The zero-order valence-electron chi connectivity index (χ0n) is 16.7. The van der Waals surface area contributed by atoms with E-state index in [0.717, 1.165) is 30.6 Å². The molecular formula is C22H22N4O5. The first kappa shape index (κ1) is 20.4. The van der Waals surface area contributed by atoms with Crippen LogP contribution in [0.4, 0.5) is 11.5 Å². The molecule has 9 heteroatoms. The Kier molecular flexibility index (Phi) is 5.83. The lowest BCUT2D eigenvalue weighted by molar-refractivity contribution is -0.122. The van der Waals surface area contributed by atoms with Crippen LogP contribution in [0.5, 0.6) is 5.75 Å². The first-order chi connectivity index (χ1) is 15.0. The van der Waals surface area contributed by atoms with E-state index in [-0.39, 0.29) is 24.3 Å². The highest BCUT2D eigenvalue weighted by Crippen LogP contribution is 2.23. The number of piperidine rings is 1. The third kappa shape index (κ3) is 5.00. The predicted molar refractivity (Wildman–Crippen MR) is 115 cm³/mol. The molecule has 4 rings (SSSR count). The van der Waals surface area contributed by atoms with E-state index in [2.05, 4.69) is 10.3 Å². The number of anilines is 2. The highest BCUT2D eigenvalue weighted by Gasteiger charge is 2.24. The van der Waals surface area contributed by atoms with Gasteiger partial charge in [0.1, 0.15) is 17.2 Å². The third-order valence-corrected chi connectivity index (χ3v) is 5.14. The highest BCUT2D eigenvalue weighted by atomic mass is 16.5. The minimum atomic E-state index is -0.451. The first-order valence-electron chi connectivity index (χ1n) is 9.95. The lowest BCUT2D eigenvalue weighted by Gasteiger charge is -2.32. The van der Waals surface area contributed by atoms with Gasteiger partial charge in [0.05, 0.1) is 17.8 Å². The van der Waals surface area contributed by atoms with Crippen molar-refractivity contribution in [1.29, 1.82) is 0 Å². The molecule has 1 aliphatic rings. The van der Waals surface area contributed by atoms with Gasteiger partial charge in [0.25, 0.3) is 5.91 Å². The van der Waals surface area contributed by atoms with Crippen LogP contribution >= 0.6 is 0 Å². The maximum Gasteiger partial charge on any atom is 0.336 e. The topological polar surface area (TPSA) is 128 Å². The van der Waals surface area contributed by atoms with Crippen molar-refractivity contribution in [1.82, 2.24) is 4.98 Å². The van der Waals surface area contributed by atoms with Gasteiger partial charge in [0.2, 0.25) is 5.91 Å². The number of ether oxygens (including phenoxy) is 1. The normalized spacial score (nSPS) is 16.1. The van der Waals surface area contributed by atoms with Crippen molar-refractivity contribution in [2.24, 2.45) is 11.7 Å². The number of benzene rings is 1. The maximum atomic E-state index is 12.2. The standard InChI is InChI=1S/C22H22N4O5/c23-22(29)15-2-1-9-26(12-15)19-7-5-16(11-24-19)25-20(27)13-30-17-6-3-14-4-8-21(28)31-18(14)10-17/h3-8,10-11,15H,1-2,9,12-13H2,(H2,23,29)(H,25,27). The zero-order chi connectivity index (χ0) is 21.8. The number of pyridine rings is 1. The third-order valence-electron chi connectivity index (χ3n) is 5.14. The number of carbonyl (C=O) groups is 2. The van der Waals surface area contributed by atoms with Gasteiger partial charge in [-0.2, -0.15) is 0 Å². The van der Waals surface area contributed by atoms with Gasteiger partial charge < -0.3 is 25.1 Å². The van der Waals surface area contributed by atoms with E-state index in [4.69, 9.17) is 14.9 Å². The summed E-state index contributed by atoms with van der Waals surface area (Å²) < 4.78 is 10.6. The molecule has 3 heterocycles. The number of nitrogens with two attached hydrogens (primary N) is 1. The molecule has 1 aliphatic heterocycles. The van der Waals surface area contributed by atoms with Gasteiger partial charge in [-0.1, -0.05) is 0 Å². The molecule has 1 saturated heterocycles. The van der Waals surface area contributed by atoms with Crippen LogP contribution in [-0.4, -0.2) is 36.5 Å². The lowest BCUT2D eigenvalue weighted by Crippen LogP contribution is -2.41. The quantitative estimate of drug-likeness (QED) is 0.581. The molecule has 160 valence electrons. The van der Waals surface area contributed by atoms with Crippen molar-refractivity contribution >= 4 is 34.3 Å². The predicted octanol–water partition coefficient (Wildman–Crippen LogP) is 1.91. The van der Waals surface area contributed by atoms with E-state index >= 15 is 0 Å². The molecule has 1 atom stereocenters. The minimum Gasteiger partial charge on any atom is -0.484 e. The maximum absolute atomic E-state index is 12.2. The second-order valence-corrected chi connectivity index (χ2v) is 7.38. The number of primary amides is 1. The monoisotopic (exact) mass is 422 g/mol. The van der Waals surface area contributed by atoms with E-state index in [9.17, 15) is 14.4 Å². The van der Waals surface area contributed by atoms with Gasteiger partial charge in [0, 0.05) is 30.6 Å². The number of carbonyl (C=O) groups excluding carboxylic acids is 2. The smallest absolute Gasteiger partial charge is 0.336 e. The van der Waals surface area contributed by atoms with Gasteiger partial charge in [-0.3, -0.25) is 9.59 Å².